The number of halogens is 2. The first-order chi connectivity index (χ1) is 12.7. The second kappa shape index (κ2) is 9.25. The lowest BCUT2D eigenvalue weighted by molar-refractivity contribution is -0.116. The maximum absolute atomic E-state index is 13.2. The zero-order valence-electron chi connectivity index (χ0n) is 14.9. The van der Waals surface area contributed by atoms with Crippen LogP contribution in [0.15, 0.2) is 35.4 Å². The minimum absolute atomic E-state index is 0.104. The number of rotatable bonds is 8. The maximum atomic E-state index is 13.2. The molecule has 0 heterocycles. The van der Waals surface area contributed by atoms with Gasteiger partial charge in [-0.3, -0.25) is 4.79 Å². The summed E-state index contributed by atoms with van der Waals surface area (Å²) in [5.41, 5.74) is 12.1. The van der Waals surface area contributed by atoms with E-state index >= 15 is 0 Å². The first kappa shape index (κ1) is 21.3. The van der Waals surface area contributed by atoms with Crippen molar-refractivity contribution in [3.8, 4) is 0 Å². The summed E-state index contributed by atoms with van der Waals surface area (Å²) in [6.45, 7) is 0.265. The van der Waals surface area contributed by atoms with Crippen molar-refractivity contribution in [1.29, 1.82) is 0 Å². The predicted molar refractivity (Wildman–Crippen MR) is 100 cm³/mol. The van der Waals surface area contributed by atoms with Gasteiger partial charge in [-0.15, -0.1) is 0 Å². The fourth-order valence-corrected chi connectivity index (χ4v) is 3.70. The van der Waals surface area contributed by atoms with Crippen LogP contribution in [0.2, 0.25) is 0 Å². The fraction of sp³-hybridized carbons (Fsp3) is 0.471. The molecule has 1 aromatic carbocycles. The molecule has 0 spiro atoms. The second-order valence-corrected chi connectivity index (χ2v) is 7.96. The van der Waals surface area contributed by atoms with Crippen molar-refractivity contribution in [2.45, 2.75) is 36.5 Å². The number of hydrazine groups is 1. The summed E-state index contributed by atoms with van der Waals surface area (Å²) < 4.78 is 40.8. The van der Waals surface area contributed by atoms with E-state index in [1.165, 1.54) is 5.01 Å². The van der Waals surface area contributed by atoms with Gasteiger partial charge in [-0.1, -0.05) is 12.1 Å². The number of hydrogen-bond donors (Lipinski definition) is 4. The van der Waals surface area contributed by atoms with Crippen LogP contribution in [0.3, 0.4) is 0 Å². The van der Waals surface area contributed by atoms with E-state index in [1.54, 1.807) is 30.5 Å². The highest BCUT2D eigenvalue weighted by Crippen LogP contribution is 2.36. The number of primary amides is 1. The zero-order chi connectivity index (χ0) is 20.0. The van der Waals surface area contributed by atoms with Crippen LogP contribution in [-0.2, 0) is 15.8 Å². The van der Waals surface area contributed by atoms with Crippen molar-refractivity contribution >= 4 is 22.6 Å². The summed E-state index contributed by atoms with van der Waals surface area (Å²) in [4.78, 5) is 11.2. The topological polar surface area (TPSA) is 127 Å². The van der Waals surface area contributed by atoms with Crippen LogP contribution in [-0.4, -0.2) is 34.1 Å². The van der Waals surface area contributed by atoms with Gasteiger partial charge in [0, 0.05) is 25.6 Å². The van der Waals surface area contributed by atoms with Gasteiger partial charge < -0.3 is 16.5 Å². The van der Waals surface area contributed by atoms with Crippen LogP contribution < -0.4 is 22.0 Å². The highest BCUT2D eigenvalue weighted by Gasteiger charge is 2.35. The standard InChI is InChI=1S/C17H25F2N5O2S/c18-17(19)7-5-12(6-8-17)10-24(22)11-15(20)13-1-3-14(4-2-13)27(26)23-9-16(21)25/h1-4,11-12,23H,5-10,20,22H2,(H2,21,25)/b15-11-. The monoisotopic (exact) mass is 401 g/mol. The van der Waals surface area contributed by atoms with E-state index in [-0.39, 0.29) is 25.3 Å². The highest BCUT2D eigenvalue weighted by molar-refractivity contribution is 7.83. The van der Waals surface area contributed by atoms with Crippen molar-refractivity contribution in [3.05, 3.63) is 36.0 Å². The molecular weight excluding hydrogens is 376 g/mol. The largest absolute Gasteiger partial charge is 0.397 e. The molecule has 1 unspecified atom stereocenters. The number of nitrogens with zero attached hydrogens (tertiary/aromatic N) is 1. The molecule has 7 N–H and O–H groups in total. The molecule has 1 saturated carbocycles. The van der Waals surface area contributed by atoms with Gasteiger partial charge in [-0.2, -0.15) is 0 Å². The molecule has 1 atom stereocenters. The summed E-state index contributed by atoms with van der Waals surface area (Å²) in [5, 5.41) is 1.42. The fourth-order valence-electron chi connectivity index (χ4n) is 2.88. The number of benzene rings is 1. The molecule has 150 valence electrons. The lowest BCUT2D eigenvalue weighted by Gasteiger charge is -2.30. The zero-order valence-corrected chi connectivity index (χ0v) is 15.7. The van der Waals surface area contributed by atoms with E-state index in [4.69, 9.17) is 17.3 Å². The minimum Gasteiger partial charge on any atom is -0.397 e. The SMILES string of the molecule is NC(=O)CNS(=O)c1ccc(/C(N)=C/N(N)CC2CCC(F)(F)CC2)cc1. The van der Waals surface area contributed by atoms with Crippen molar-refractivity contribution < 1.29 is 17.8 Å². The third-order valence-corrected chi connectivity index (χ3v) is 5.50. The molecule has 0 aromatic heterocycles. The van der Waals surface area contributed by atoms with Gasteiger partial charge in [0.15, 0.2) is 0 Å². The summed E-state index contributed by atoms with van der Waals surface area (Å²) in [6, 6.07) is 6.59. The van der Waals surface area contributed by atoms with Gasteiger partial charge in [0.2, 0.25) is 11.8 Å². The normalized spacial score (nSPS) is 18.9. The van der Waals surface area contributed by atoms with Crippen LogP contribution in [0.25, 0.3) is 5.70 Å². The summed E-state index contributed by atoms with van der Waals surface area (Å²) in [5.74, 6) is 2.90. The average Bonchev–Trinajstić information content (AvgIpc) is 2.61. The number of amides is 1. The second-order valence-electron chi connectivity index (χ2n) is 6.66. The van der Waals surface area contributed by atoms with E-state index in [9.17, 15) is 17.8 Å². The van der Waals surface area contributed by atoms with Crippen LogP contribution in [0, 0.1) is 5.92 Å². The van der Waals surface area contributed by atoms with E-state index in [1.807, 2.05) is 0 Å². The molecule has 27 heavy (non-hydrogen) atoms. The lowest BCUT2D eigenvalue weighted by Crippen LogP contribution is -2.35. The van der Waals surface area contributed by atoms with Crippen molar-refractivity contribution in [1.82, 2.24) is 9.73 Å². The highest BCUT2D eigenvalue weighted by atomic mass is 32.2. The van der Waals surface area contributed by atoms with E-state index in [2.05, 4.69) is 4.72 Å². The molecule has 7 nitrogen and oxygen atoms in total. The van der Waals surface area contributed by atoms with Crippen LogP contribution in [0.4, 0.5) is 8.78 Å². The molecule has 1 aromatic rings. The van der Waals surface area contributed by atoms with Gasteiger partial charge >= 0.3 is 0 Å². The number of nitrogens with two attached hydrogens (primary N) is 3. The number of alkyl halides is 2. The summed E-state index contributed by atoms with van der Waals surface area (Å²) >= 11 is 0. The average molecular weight is 401 g/mol. The van der Waals surface area contributed by atoms with Gasteiger partial charge in [-0.25, -0.2) is 23.6 Å². The Labute approximate surface area is 159 Å². The quantitative estimate of drug-likeness (QED) is 0.382. The molecule has 1 aliphatic rings. The van der Waals surface area contributed by atoms with Gasteiger partial charge in [0.05, 0.1) is 17.1 Å². The van der Waals surface area contributed by atoms with E-state index < -0.39 is 22.8 Å². The Kier molecular flexibility index (Phi) is 7.28. The summed E-state index contributed by atoms with van der Waals surface area (Å²) in [7, 11) is -1.56. The van der Waals surface area contributed by atoms with Gasteiger partial charge in [0.25, 0.3) is 0 Å². The molecule has 1 amide bonds. The van der Waals surface area contributed by atoms with Crippen molar-refractivity contribution in [2.24, 2.45) is 23.2 Å². The molecule has 10 heteroatoms. The Bertz CT molecular complexity index is 702. The smallest absolute Gasteiger partial charge is 0.248 e. The van der Waals surface area contributed by atoms with Crippen LogP contribution in [0.1, 0.15) is 31.2 Å². The molecule has 0 bridgehead atoms. The third-order valence-electron chi connectivity index (χ3n) is 4.39. The third kappa shape index (κ3) is 6.89. The van der Waals surface area contributed by atoms with Gasteiger partial charge in [0.1, 0.15) is 11.0 Å². The molecule has 1 fully saturated rings. The summed E-state index contributed by atoms with van der Waals surface area (Å²) in [6.07, 6.45) is 2.23. The predicted octanol–water partition coefficient (Wildman–Crippen LogP) is 1.04. The maximum Gasteiger partial charge on any atom is 0.248 e. The Morgan fingerprint density at radius 2 is 1.85 bits per heavy atom. The number of nitrogens with one attached hydrogen (secondary N) is 1. The molecule has 0 radical (unpaired) electrons. The molecule has 0 aliphatic heterocycles. The first-order valence-electron chi connectivity index (χ1n) is 8.57. The van der Waals surface area contributed by atoms with Gasteiger partial charge in [-0.05, 0) is 36.5 Å². The van der Waals surface area contributed by atoms with E-state index in [0.717, 1.165) is 0 Å². The van der Waals surface area contributed by atoms with Crippen LogP contribution in [0.5, 0.6) is 0 Å². The first-order valence-corrected chi connectivity index (χ1v) is 9.72. The lowest BCUT2D eigenvalue weighted by atomic mass is 9.87. The van der Waals surface area contributed by atoms with Crippen LogP contribution >= 0.6 is 0 Å². The Morgan fingerprint density at radius 1 is 1.26 bits per heavy atom. The van der Waals surface area contributed by atoms with Crippen molar-refractivity contribution in [3.63, 3.8) is 0 Å². The molecule has 2 rings (SSSR count). The Balaban J connectivity index is 1.91. The molecular formula is C17H25F2N5O2S. The minimum atomic E-state index is -2.56. The number of hydrogen-bond acceptors (Lipinski definition) is 5. The number of carbonyl (C=O) groups is 1. The number of carbonyl (C=O) groups excluding carboxylic acids is 1. The van der Waals surface area contributed by atoms with E-state index in [0.29, 0.717) is 35.5 Å². The Morgan fingerprint density at radius 3 is 2.41 bits per heavy atom. The molecule has 1 aliphatic carbocycles. The van der Waals surface area contributed by atoms with Crippen molar-refractivity contribution in [2.75, 3.05) is 13.1 Å². The Hall–Kier alpha value is -2.04. The molecule has 0 saturated heterocycles.